The van der Waals surface area contributed by atoms with Crippen molar-refractivity contribution in [2.75, 3.05) is 13.7 Å². The Kier molecular flexibility index (Phi) is 5.37. The van der Waals surface area contributed by atoms with Crippen molar-refractivity contribution in [3.05, 3.63) is 29.8 Å². The maximum Gasteiger partial charge on any atom is 0.305 e. The molecule has 0 saturated carbocycles. The summed E-state index contributed by atoms with van der Waals surface area (Å²) in [5.74, 6) is -2.81. The van der Waals surface area contributed by atoms with Gasteiger partial charge in [-0.25, -0.2) is 21.9 Å². The Labute approximate surface area is 109 Å². The molecule has 1 aromatic rings. The molecular weight excluding hydrogens is 280 g/mol. The number of ether oxygens (including phenoxy) is 1. The SMILES string of the molecule is COC(=O)CCCNS(=O)(=O)c1ccc(F)c(F)c1. The summed E-state index contributed by atoms with van der Waals surface area (Å²) in [6.45, 7) is -0.00354. The Morgan fingerprint density at radius 1 is 1.32 bits per heavy atom. The van der Waals surface area contributed by atoms with Crippen molar-refractivity contribution < 1.29 is 26.7 Å². The minimum Gasteiger partial charge on any atom is -0.469 e. The number of benzene rings is 1. The molecule has 1 aromatic carbocycles. The molecule has 0 aliphatic rings. The molecule has 0 unspecified atom stereocenters. The van der Waals surface area contributed by atoms with Gasteiger partial charge in [-0.3, -0.25) is 4.79 Å². The van der Waals surface area contributed by atoms with Crippen LogP contribution in [0.2, 0.25) is 0 Å². The summed E-state index contributed by atoms with van der Waals surface area (Å²) in [7, 11) is -2.68. The molecule has 0 heterocycles. The molecule has 106 valence electrons. The van der Waals surface area contributed by atoms with Gasteiger partial charge in [-0.2, -0.15) is 0 Å². The molecule has 0 aliphatic carbocycles. The average Bonchev–Trinajstić information content (AvgIpc) is 2.37. The summed E-state index contributed by atoms with van der Waals surface area (Å²) >= 11 is 0. The standard InChI is InChI=1S/C11H13F2NO4S/c1-18-11(15)3-2-6-14-19(16,17)8-4-5-9(12)10(13)7-8/h4-5,7,14H,2-3,6H2,1H3. The predicted octanol–water partition coefficient (Wildman–Crippen LogP) is 1.20. The summed E-state index contributed by atoms with van der Waals surface area (Å²) in [6, 6.07) is 2.29. The highest BCUT2D eigenvalue weighted by atomic mass is 32.2. The number of rotatable bonds is 6. The third-order valence-electron chi connectivity index (χ3n) is 2.28. The largest absolute Gasteiger partial charge is 0.469 e. The quantitative estimate of drug-likeness (QED) is 0.632. The second kappa shape index (κ2) is 6.58. The molecule has 0 fully saturated rings. The zero-order valence-electron chi connectivity index (χ0n) is 10.2. The van der Waals surface area contributed by atoms with Crippen LogP contribution in [0.4, 0.5) is 8.78 Å². The molecule has 0 atom stereocenters. The van der Waals surface area contributed by atoms with E-state index in [1.807, 2.05) is 0 Å². The maximum absolute atomic E-state index is 12.9. The van der Waals surface area contributed by atoms with E-state index in [1.165, 1.54) is 7.11 Å². The van der Waals surface area contributed by atoms with Crippen molar-refractivity contribution in [3.63, 3.8) is 0 Å². The van der Waals surface area contributed by atoms with Gasteiger partial charge in [-0.1, -0.05) is 0 Å². The number of halogens is 2. The molecule has 0 aromatic heterocycles. The molecule has 1 N–H and O–H groups in total. The lowest BCUT2D eigenvalue weighted by molar-refractivity contribution is -0.140. The van der Waals surface area contributed by atoms with Gasteiger partial charge in [0, 0.05) is 13.0 Å². The number of hydrogen-bond acceptors (Lipinski definition) is 4. The lowest BCUT2D eigenvalue weighted by Crippen LogP contribution is -2.25. The van der Waals surface area contributed by atoms with Crippen LogP contribution in [0.3, 0.4) is 0 Å². The van der Waals surface area contributed by atoms with E-state index < -0.39 is 27.6 Å². The van der Waals surface area contributed by atoms with Crippen LogP contribution in [0.15, 0.2) is 23.1 Å². The number of carbonyl (C=O) groups is 1. The maximum atomic E-state index is 12.9. The van der Waals surface area contributed by atoms with Crippen molar-refractivity contribution >= 4 is 16.0 Å². The molecular formula is C11H13F2NO4S. The highest BCUT2D eigenvalue weighted by Gasteiger charge is 2.16. The third-order valence-corrected chi connectivity index (χ3v) is 3.74. The summed E-state index contributed by atoms with van der Waals surface area (Å²) in [5, 5.41) is 0. The van der Waals surface area contributed by atoms with E-state index in [4.69, 9.17) is 0 Å². The second-order valence-electron chi connectivity index (χ2n) is 3.65. The Morgan fingerprint density at radius 3 is 2.58 bits per heavy atom. The van der Waals surface area contributed by atoms with Crippen molar-refractivity contribution in [1.29, 1.82) is 0 Å². The molecule has 5 nitrogen and oxygen atoms in total. The van der Waals surface area contributed by atoms with Crippen LogP contribution < -0.4 is 4.72 Å². The van der Waals surface area contributed by atoms with Crippen molar-refractivity contribution in [2.45, 2.75) is 17.7 Å². The highest BCUT2D eigenvalue weighted by Crippen LogP contribution is 2.13. The lowest BCUT2D eigenvalue weighted by atomic mass is 10.3. The first-order chi connectivity index (χ1) is 8.86. The van der Waals surface area contributed by atoms with Crippen molar-refractivity contribution in [2.24, 2.45) is 0 Å². The molecule has 0 radical (unpaired) electrons. The predicted molar refractivity (Wildman–Crippen MR) is 62.8 cm³/mol. The second-order valence-corrected chi connectivity index (χ2v) is 5.42. The Hall–Kier alpha value is -1.54. The Bertz CT molecular complexity index is 560. The van der Waals surface area contributed by atoms with Gasteiger partial charge in [0.1, 0.15) is 0 Å². The van der Waals surface area contributed by atoms with E-state index in [9.17, 15) is 22.0 Å². The number of nitrogens with one attached hydrogen (secondary N) is 1. The first-order valence-electron chi connectivity index (χ1n) is 5.38. The highest BCUT2D eigenvalue weighted by molar-refractivity contribution is 7.89. The molecule has 0 saturated heterocycles. The van der Waals surface area contributed by atoms with Crippen molar-refractivity contribution in [1.82, 2.24) is 4.72 Å². The Morgan fingerprint density at radius 2 is 2.00 bits per heavy atom. The zero-order chi connectivity index (χ0) is 14.5. The van der Waals surface area contributed by atoms with Gasteiger partial charge < -0.3 is 4.74 Å². The van der Waals surface area contributed by atoms with E-state index in [-0.39, 0.29) is 24.3 Å². The fourth-order valence-electron chi connectivity index (χ4n) is 1.27. The minimum absolute atomic E-state index is 0.00354. The zero-order valence-corrected chi connectivity index (χ0v) is 11.0. The van der Waals surface area contributed by atoms with Crippen LogP contribution in [-0.2, 0) is 19.6 Å². The van der Waals surface area contributed by atoms with E-state index in [1.54, 1.807) is 0 Å². The average molecular weight is 293 g/mol. The molecule has 19 heavy (non-hydrogen) atoms. The number of sulfonamides is 1. The number of esters is 1. The van der Waals surface area contributed by atoms with Gasteiger partial charge in [0.25, 0.3) is 0 Å². The molecule has 8 heteroatoms. The Balaban J connectivity index is 2.61. The van der Waals surface area contributed by atoms with Gasteiger partial charge in [-0.05, 0) is 24.6 Å². The molecule has 0 aliphatic heterocycles. The molecule has 0 bridgehead atoms. The van der Waals surface area contributed by atoms with Crippen LogP contribution >= 0.6 is 0 Å². The van der Waals surface area contributed by atoms with E-state index in [2.05, 4.69) is 9.46 Å². The number of hydrogen-bond donors (Lipinski definition) is 1. The summed E-state index contributed by atoms with van der Waals surface area (Å²) in [6.07, 6.45) is 0.312. The lowest BCUT2D eigenvalue weighted by Gasteiger charge is -2.06. The smallest absolute Gasteiger partial charge is 0.305 e. The van der Waals surface area contributed by atoms with E-state index >= 15 is 0 Å². The molecule has 0 amide bonds. The fraction of sp³-hybridized carbons (Fsp3) is 0.364. The first-order valence-corrected chi connectivity index (χ1v) is 6.86. The van der Waals surface area contributed by atoms with Gasteiger partial charge in [0.2, 0.25) is 10.0 Å². The monoisotopic (exact) mass is 293 g/mol. The molecule has 1 rings (SSSR count). The minimum atomic E-state index is -3.91. The van der Waals surface area contributed by atoms with Crippen LogP contribution in [0.1, 0.15) is 12.8 Å². The summed E-state index contributed by atoms with van der Waals surface area (Å²) in [5.41, 5.74) is 0. The summed E-state index contributed by atoms with van der Waals surface area (Å²) < 4.78 is 55.6. The van der Waals surface area contributed by atoms with E-state index in [0.717, 1.165) is 12.1 Å². The van der Waals surface area contributed by atoms with Crippen molar-refractivity contribution in [3.8, 4) is 0 Å². The van der Waals surface area contributed by atoms with Gasteiger partial charge in [0.15, 0.2) is 11.6 Å². The topological polar surface area (TPSA) is 72.5 Å². The summed E-state index contributed by atoms with van der Waals surface area (Å²) in [4.78, 5) is 10.4. The van der Waals surface area contributed by atoms with Crippen LogP contribution in [0.5, 0.6) is 0 Å². The van der Waals surface area contributed by atoms with Gasteiger partial charge >= 0.3 is 5.97 Å². The normalized spacial score (nSPS) is 11.3. The first kappa shape index (κ1) is 15.5. The molecule has 0 spiro atoms. The number of carbonyl (C=O) groups excluding carboxylic acids is 1. The van der Waals surface area contributed by atoms with E-state index in [0.29, 0.717) is 6.07 Å². The third kappa shape index (κ3) is 4.56. The van der Waals surface area contributed by atoms with Crippen LogP contribution in [0, 0.1) is 11.6 Å². The number of methoxy groups -OCH3 is 1. The van der Waals surface area contributed by atoms with Crippen LogP contribution in [-0.4, -0.2) is 28.0 Å². The fourth-order valence-corrected chi connectivity index (χ4v) is 2.35. The van der Waals surface area contributed by atoms with Gasteiger partial charge in [0.05, 0.1) is 12.0 Å². The van der Waals surface area contributed by atoms with Gasteiger partial charge in [-0.15, -0.1) is 0 Å². The van der Waals surface area contributed by atoms with Crippen LogP contribution in [0.25, 0.3) is 0 Å².